The Hall–Kier alpha value is -2.14. The van der Waals surface area contributed by atoms with Crippen LogP contribution in [0.1, 0.15) is 16.8 Å². The molecule has 0 fully saturated rings. The number of sulfone groups is 1. The van der Waals surface area contributed by atoms with E-state index in [1.807, 2.05) is 18.2 Å². The van der Waals surface area contributed by atoms with Gasteiger partial charge < -0.3 is 4.74 Å². The molecule has 110 valence electrons. The van der Waals surface area contributed by atoms with Crippen LogP contribution >= 0.6 is 0 Å². The highest BCUT2D eigenvalue weighted by Crippen LogP contribution is 2.16. The Morgan fingerprint density at radius 1 is 1.00 bits per heavy atom. The van der Waals surface area contributed by atoms with Crippen LogP contribution in [0.25, 0.3) is 0 Å². The number of ketones is 1. The lowest BCUT2D eigenvalue weighted by molar-refractivity contribution is 0.0962. The van der Waals surface area contributed by atoms with Gasteiger partial charge in [0.05, 0.1) is 11.5 Å². The quantitative estimate of drug-likeness (QED) is 0.770. The fourth-order valence-corrected chi connectivity index (χ4v) is 2.44. The monoisotopic (exact) mass is 304 g/mol. The lowest BCUT2D eigenvalue weighted by Crippen LogP contribution is -2.06. The van der Waals surface area contributed by atoms with Gasteiger partial charge in [-0.2, -0.15) is 0 Å². The Kier molecular flexibility index (Phi) is 4.75. The van der Waals surface area contributed by atoms with Crippen molar-refractivity contribution >= 4 is 15.6 Å². The van der Waals surface area contributed by atoms with Gasteiger partial charge in [0.15, 0.2) is 15.6 Å². The van der Waals surface area contributed by atoms with E-state index in [1.165, 1.54) is 12.1 Å². The van der Waals surface area contributed by atoms with Gasteiger partial charge in [0, 0.05) is 18.2 Å². The van der Waals surface area contributed by atoms with Crippen molar-refractivity contribution < 1.29 is 17.9 Å². The Bertz CT molecular complexity index is 704. The first kappa shape index (κ1) is 15.3. The van der Waals surface area contributed by atoms with Crippen LogP contribution in [-0.4, -0.2) is 27.1 Å². The summed E-state index contributed by atoms with van der Waals surface area (Å²) in [4.78, 5) is 12.1. The molecule has 0 amide bonds. The van der Waals surface area contributed by atoms with Crippen molar-refractivity contribution in [2.45, 2.75) is 11.3 Å². The molecule has 0 unspecified atom stereocenters. The van der Waals surface area contributed by atoms with Crippen LogP contribution in [-0.2, 0) is 9.84 Å². The van der Waals surface area contributed by atoms with E-state index in [9.17, 15) is 13.2 Å². The smallest absolute Gasteiger partial charge is 0.175 e. The van der Waals surface area contributed by atoms with Crippen molar-refractivity contribution in [1.82, 2.24) is 0 Å². The summed E-state index contributed by atoms with van der Waals surface area (Å²) in [5.74, 6) is 0.562. The van der Waals surface area contributed by atoms with Crippen molar-refractivity contribution in [3.05, 3.63) is 60.2 Å². The first-order valence-corrected chi connectivity index (χ1v) is 8.37. The topological polar surface area (TPSA) is 60.4 Å². The highest BCUT2D eigenvalue weighted by atomic mass is 32.2. The Balaban J connectivity index is 1.88. The van der Waals surface area contributed by atoms with Gasteiger partial charge >= 0.3 is 0 Å². The van der Waals surface area contributed by atoms with E-state index >= 15 is 0 Å². The molecule has 21 heavy (non-hydrogen) atoms. The lowest BCUT2D eigenvalue weighted by Gasteiger charge is -2.06. The van der Waals surface area contributed by atoms with E-state index in [1.54, 1.807) is 24.3 Å². The number of Topliss-reactive ketones (excluding diaryl/α,β-unsaturated/α-hetero) is 1. The molecular weight excluding hydrogens is 288 g/mol. The molecule has 0 heterocycles. The molecule has 0 atom stereocenters. The summed E-state index contributed by atoms with van der Waals surface area (Å²) in [5, 5.41) is 0. The predicted octanol–water partition coefficient (Wildman–Crippen LogP) is 2.74. The summed E-state index contributed by atoms with van der Waals surface area (Å²) < 4.78 is 28.1. The number of benzene rings is 2. The summed E-state index contributed by atoms with van der Waals surface area (Å²) in [6, 6.07) is 15.2. The van der Waals surface area contributed by atoms with Crippen LogP contribution in [0.4, 0.5) is 0 Å². The second-order valence-corrected chi connectivity index (χ2v) is 6.65. The van der Waals surface area contributed by atoms with Crippen molar-refractivity contribution in [3.63, 3.8) is 0 Å². The third-order valence-corrected chi connectivity index (χ3v) is 4.07. The fraction of sp³-hybridized carbons (Fsp3) is 0.188. The highest BCUT2D eigenvalue weighted by Gasteiger charge is 2.07. The first-order valence-electron chi connectivity index (χ1n) is 6.48. The van der Waals surface area contributed by atoms with Gasteiger partial charge in [0.2, 0.25) is 0 Å². The molecule has 0 aliphatic carbocycles. The molecule has 0 aliphatic heterocycles. The second-order valence-electron chi connectivity index (χ2n) is 4.63. The van der Waals surface area contributed by atoms with E-state index in [4.69, 9.17) is 4.74 Å². The predicted molar refractivity (Wildman–Crippen MR) is 80.4 cm³/mol. The summed E-state index contributed by atoms with van der Waals surface area (Å²) in [6.45, 7) is 0.256. The molecule has 0 bridgehead atoms. The molecule has 0 aliphatic rings. The first-order chi connectivity index (χ1) is 9.97. The van der Waals surface area contributed by atoms with Crippen LogP contribution in [0, 0.1) is 0 Å². The molecule has 0 aromatic heterocycles. The minimum absolute atomic E-state index is 0.0170. The van der Waals surface area contributed by atoms with Crippen LogP contribution in [0.15, 0.2) is 59.5 Å². The summed E-state index contributed by atoms with van der Waals surface area (Å²) in [6.07, 6.45) is 1.43. The zero-order valence-corrected chi connectivity index (χ0v) is 12.5. The minimum atomic E-state index is -3.20. The van der Waals surface area contributed by atoms with Crippen LogP contribution in [0.5, 0.6) is 5.75 Å². The maximum atomic E-state index is 11.9. The molecule has 0 saturated heterocycles. The molecule has 0 radical (unpaired) electrons. The van der Waals surface area contributed by atoms with Crippen molar-refractivity contribution in [2.24, 2.45) is 0 Å². The van der Waals surface area contributed by atoms with Gasteiger partial charge in [-0.05, 0) is 24.3 Å². The number of rotatable bonds is 6. The van der Waals surface area contributed by atoms with Crippen molar-refractivity contribution in [1.29, 1.82) is 0 Å². The Morgan fingerprint density at radius 2 is 1.62 bits per heavy atom. The SMILES string of the molecule is CS(=O)(=O)c1ccc(OCCC(=O)c2ccccc2)cc1. The maximum absolute atomic E-state index is 11.9. The average molecular weight is 304 g/mol. The number of carbonyl (C=O) groups excluding carboxylic acids is 1. The van der Waals surface area contributed by atoms with E-state index in [0.717, 1.165) is 6.26 Å². The van der Waals surface area contributed by atoms with Crippen LogP contribution < -0.4 is 4.74 Å². The molecule has 0 spiro atoms. The third kappa shape index (κ3) is 4.43. The van der Waals surface area contributed by atoms with Gasteiger partial charge in [-0.25, -0.2) is 8.42 Å². The molecule has 2 rings (SSSR count). The molecule has 5 heteroatoms. The number of ether oxygens (including phenoxy) is 1. The van der Waals surface area contributed by atoms with Crippen LogP contribution in [0.2, 0.25) is 0 Å². The number of hydrogen-bond acceptors (Lipinski definition) is 4. The minimum Gasteiger partial charge on any atom is -0.493 e. The second kappa shape index (κ2) is 6.54. The van der Waals surface area contributed by atoms with E-state index < -0.39 is 9.84 Å². The standard InChI is InChI=1S/C16H16O4S/c1-21(18,19)15-9-7-14(8-10-15)20-12-11-16(17)13-5-3-2-4-6-13/h2-10H,11-12H2,1H3. The summed E-state index contributed by atoms with van der Waals surface area (Å²) in [7, 11) is -3.20. The molecule has 0 N–H and O–H groups in total. The number of carbonyl (C=O) groups is 1. The number of hydrogen-bond donors (Lipinski definition) is 0. The molecular formula is C16H16O4S. The van der Waals surface area contributed by atoms with Crippen LogP contribution in [0.3, 0.4) is 0 Å². The lowest BCUT2D eigenvalue weighted by atomic mass is 10.1. The zero-order valence-electron chi connectivity index (χ0n) is 11.7. The molecule has 0 saturated carbocycles. The third-order valence-electron chi connectivity index (χ3n) is 2.95. The van der Waals surface area contributed by atoms with E-state index in [-0.39, 0.29) is 23.7 Å². The molecule has 2 aromatic carbocycles. The summed E-state index contributed by atoms with van der Waals surface area (Å²) in [5.41, 5.74) is 0.661. The fourth-order valence-electron chi connectivity index (χ4n) is 1.81. The van der Waals surface area contributed by atoms with E-state index in [2.05, 4.69) is 0 Å². The molecule has 4 nitrogen and oxygen atoms in total. The van der Waals surface area contributed by atoms with E-state index in [0.29, 0.717) is 11.3 Å². The summed E-state index contributed by atoms with van der Waals surface area (Å²) >= 11 is 0. The normalized spacial score (nSPS) is 11.1. The largest absolute Gasteiger partial charge is 0.493 e. The maximum Gasteiger partial charge on any atom is 0.175 e. The van der Waals surface area contributed by atoms with Gasteiger partial charge in [-0.3, -0.25) is 4.79 Å². The highest BCUT2D eigenvalue weighted by molar-refractivity contribution is 7.90. The average Bonchev–Trinajstić information content (AvgIpc) is 2.47. The van der Waals surface area contributed by atoms with Crippen molar-refractivity contribution in [2.75, 3.05) is 12.9 Å². The van der Waals surface area contributed by atoms with Gasteiger partial charge in [-0.15, -0.1) is 0 Å². The molecule has 2 aromatic rings. The Morgan fingerprint density at radius 3 is 2.19 bits per heavy atom. The van der Waals surface area contributed by atoms with Crippen molar-refractivity contribution in [3.8, 4) is 5.75 Å². The Labute approximate surface area is 124 Å². The zero-order chi connectivity index (χ0) is 15.3. The van der Waals surface area contributed by atoms with Gasteiger partial charge in [0.1, 0.15) is 5.75 Å². The van der Waals surface area contributed by atoms with Gasteiger partial charge in [0.25, 0.3) is 0 Å². The van der Waals surface area contributed by atoms with Gasteiger partial charge in [-0.1, -0.05) is 30.3 Å².